The maximum absolute atomic E-state index is 13.6. The summed E-state index contributed by atoms with van der Waals surface area (Å²) in [5, 5.41) is 0.0439. The van der Waals surface area contributed by atoms with Crippen LogP contribution in [0.3, 0.4) is 0 Å². The molecule has 0 saturated heterocycles. The van der Waals surface area contributed by atoms with E-state index in [2.05, 4.69) is 11.1 Å². The van der Waals surface area contributed by atoms with Gasteiger partial charge in [-0.15, -0.1) is 0 Å². The minimum absolute atomic E-state index is 0.205. The van der Waals surface area contributed by atoms with Gasteiger partial charge in [0.15, 0.2) is 15.0 Å². The second-order valence-electron chi connectivity index (χ2n) is 8.26. The summed E-state index contributed by atoms with van der Waals surface area (Å²) in [6.07, 6.45) is 1.69. The predicted molar refractivity (Wildman–Crippen MR) is 133 cm³/mol. The zero-order valence-corrected chi connectivity index (χ0v) is 20.6. The molecule has 6 nitrogen and oxygen atoms in total. The first-order valence-corrected chi connectivity index (χ1v) is 13.0. The van der Waals surface area contributed by atoms with E-state index in [1.54, 1.807) is 37.1 Å². The van der Waals surface area contributed by atoms with Crippen molar-refractivity contribution in [2.45, 2.75) is 44.4 Å². The molecule has 4 rings (SSSR count). The lowest BCUT2D eigenvalue weighted by Crippen LogP contribution is -2.30. The highest BCUT2D eigenvalue weighted by Crippen LogP contribution is 2.33. The van der Waals surface area contributed by atoms with E-state index in [1.165, 1.54) is 23.5 Å². The van der Waals surface area contributed by atoms with Gasteiger partial charge in [-0.2, -0.15) is 0 Å². The molecule has 0 fully saturated rings. The van der Waals surface area contributed by atoms with Crippen molar-refractivity contribution in [3.63, 3.8) is 0 Å². The zero-order chi connectivity index (χ0) is 23.8. The van der Waals surface area contributed by atoms with Gasteiger partial charge < -0.3 is 0 Å². The average Bonchev–Trinajstić information content (AvgIpc) is 3.22. The van der Waals surface area contributed by atoms with Crippen LogP contribution in [0.5, 0.6) is 0 Å². The molecule has 0 bridgehead atoms. The van der Waals surface area contributed by atoms with Gasteiger partial charge in [0.1, 0.15) is 0 Å². The molecule has 0 aliphatic carbocycles. The van der Waals surface area contributed by atoms with Gasteiger partial charge in [0, 0.05) is 11.8 Å². The molecule has 0 N–H and O–H groups in total. The van der Waals surface area contributed by atoms with Crippen molar-refractivity contribution in [1.29, 1.82) is 0 Å². The molecule has 0 saturated carbocycles. The van der Waals surface area contributed by atoms with E-state index in [0.717, 1.165) is 27.0 Å². The largest absolute Gasteiger partial charge is 0.278 e. The van der Waals surface area contributed by atoms with Crippen molar-refractivity contribution in [3.05, 3.63) is 83.2 Å². The fourth-order valence-corrected chi connectivity index (χ4v) is 5.65. The number of aryl methyl sites for hydroxylation is 2. The van der Waals surface area contributed by atoms with Gasteiger partial charge in [-0.3, -0.25) is 14.7 Å². The molecule has 0 atom stereocenters. The number of hydrogen-bond acceptors (Lipinski definition) is 6. The van der Waals surface area contributed by atoms with Crippen molar-refractivity contribution in [2.24, 2.45) is 0 Å². The van der Waals surface area contributed by atoms with Crippen LogP contribution in [-0.4, -0.2) is 29.5 Å². The molecule has 2 heterocycles. The summed E-state index contributed by atoms with van der Waals surface area (Å²) < 4.78 is 25.9. The van der Waals surface area contributed by atoms with Gasteiger partial charge >= 0.3 is 0 Å². The molecule has 2 aromatic heterocycles. The summed E-state index contributed by atoms with van der Waals surface area (Å²) in [6, 6.07) is 15.8. The number of carbonyl (C=O) groups is 1. The average molecular weight is 480 g/mol. The third-order valence-corrected chi connectivity index (χ3v) is 8.78. The number of fused-ring (bicyclic) bond motifs is 1. The highest BCUT2D eigenvalue weighted by atomic mass is 32.2. The second kappa shape index (κ2) is 9.03. The molecule has 0 spiro atoms. The maximum Gasteiger partial charge on any atom is 0.260 e. The molecule has 0 unspecified atom stereocenters. The molecule has 0 aliphatic rings. The number of aromatic nitrogens is 2. The van der Waals surface area contributed by atoms with Crippen LogP contribution in [-0.2, 0) is 16.4 Å². The Morgan fingerprint density at radius 3 is 2.42 bits per heavy atom. The smallest absolute Gasteiger partial charge is 0.260 e. The normalized spacial score (nSPS) is 11.8. The Bertz CT molecular complexity index is 1410. The van der Waals surface area contributed by atoms with Crippen molar-refractivity contribution >= 4 is 42.4 Å². The van der Waals surface area contributed by atoms with Crippen LogP contribution >= 0.6 is 11.3 Å². The van der Waals surface area contributed by atoms with Crippen molar-refractivity contribution in [2.75, 3.05) is 4.90 Å². The Balaban J connectivity index is 1.75. The van der Waals surface area contributed by atoms with Crippen molar-refractivity contribution in [3.8, 4) is 0 Å². The maximum atomic E-state index is 13.6. The number of carbonyl (C=O) groups excluding carboxylic acids is 1. The highest BCUT2D eigenvalue weighted by molar-refractivity contribution is 7.92. The molecule has 4 aromatic rings. The summed E-state index contributed by atoms with van der Waals surface area (Å²) in [4.78, 5) is 24.5. The molecule has 2 aromatic carbocycles. The van der Waals surface area contributed by atoms with E-state index in [-0.39, 0.29) is 17.3 Å². The fourth-order valence-electron chi connectivity index (χ4n) is 3.58. The quantitative estimate of drug-likeness (QED) is 0.373. The number of anilines is 1. The number of hydrogen-bond donors (Lipinski definition) is 0. The Kier molecular flexibility index (Phi) is 6.32. The van der Waals surface area contributed by atoms with E-state index in [1.807, 2.05) is 38.1 Å². The van der Waals surface area contributed by atoms with E-state index in [0.29, 0.717) is 10.7 Å². The second-order valence-corrected chi connectivity index (χ2v) is 11.7. The molecule has 0 radical (unpaired) electrons. The van der Waals surface area contributed by atoms with Gasteiger partial charge in [-0.05, 0) is 81.3 Å². The van der Waals surface area contributed by atoms with Gasteiger partial charge in [-0.25, -0.2) is 13.4 Å². The number of sulfone groups is 1. The highest BCUT2D eigenvalue weighted by Gasteiger charge is 2.24. The van der Waals surface area contributed by atoms with Crippen LogP contribution in [0.2, 0.25) is 0 Å². The van der Waals surface area contributed by atoms with Gasteiger partial charge in [0.05, 0.1) is 32.6 Å². The van der Waals surface area contributed by atoms with E-state index in [4.69, 9.17) is 4.98 Å². The molecule has 1 amide bonds. The first-order valence-electron chi connectivity index (χ1n) is 10.6. The lowest BCUT2D eigenvalue weighted by atomic mass is 10.1. The van der Waals surface area contributed by atoms with E-state index in [9.17, 15) is 13.2 Å². The minimum Gasteiger partial charge on any atom is -0.278 e. The first kappa shape index (κ1) is 23.1. The molecule has 33 heavy (non-hydrogen) atoms. The fraction of sp³-hybridized carbons (Fsp3) is 0.240. The Hall–Kier alpha value is -3.10. The van der Waals surface area contributed by atoms with E-state index >= 15 is 0 Å². The number of thiazole rings is 1. The molecular formula is C25H25N3O3S2. The Morgan fingerprint density at radius 2 is 1.79 bits per heavy atom. The molecule has 0 aliphatic heterocycles. The third kappa shape index (κ3) is 4.67. The van der Waals surface area contributed by atoms with Crippen LogP contribution in [0.15, 0.2) is 65.7 Å². The van der Waals surface area contributed by atoms with Gasteiger partial charge in [0.25, 0.3) is 5.91 Å². The standard InChI is InChI=1S/C25H25N3O3S2/c1-16(2)33(30,31)21-10-8-19(9-11-21)24(29)28(15-20-7-5-6-12-26-20)25-27-22-14-17(3)13-18(4)23(22)32-25/h5-14,16H,15H2,1-4H3. The van der Waals surface area contributed by atoms with Crippen molar-refractivity contribution in [1.82, 2.24) is 9.97 Å². The van der Waals surface area contributed by atoms with Crippen LogP contribution < -0.4 is 4.90 Å². The van der Waals surface area contributed by atoms with Gasteiger partial charge in [0.2, 0.25) is 0 Å². The van der Waals surface area contributed by atoms with Crippen molar-refractivity contribution < 1.29 is 13.2 Å². The number of benzene rings is 2. The molecule has 170 valence electrons. The van der Waals surface area contributed by atoms with Crippen LogP contribution in [0.25, 0.3) is 10.2 Å². The predicted octanol–water partition coefficient (Wildman–Crippen LogP) is 5.34. The Morgan fingerprint density at radius 1 is 1.06 bits per heavy atom. The molecular weight excluding hydrogens is 454 g/mol. The summed E-state index contributed by atoms with van der Waals surface area (Å²) in [5.41, 5.74) is 4.20. The summed E-state index contributed by atoms with van der Waals surface area (Å²) in [6.45, 7) is 7.59. The Labute approximate surface area is 197 Å². The summed E-state index contributed by atoms with van der Waals surface area (Å²) in [7, 11) is -3.41. The van der Waals surface area contributed by atoms with Gasteiger partial charge in [-0.1, -0.05) is 23.5 Å². The lowest BCUT2D eigenvalue weighted by Gasteiger charge is -2.20. The zero-order valence-electron chi connectivity index (χ0n) is 18.9. The molecule has 8 heteroatoms. The number of pyridine rings is 1. The number of amides is 1. The van der Waals surface area contributed by atoms with Crippen LogP contribution in [0, 0.1) is 13.8 Å². The first-order chi connectivity index (χ1) is 15.7. The minimum atomic E-state index is -3.41. The summed E-state index contributed by atoms with van der Waals surface area (Å²) in [5.74, 6) is -0.262. The van der Waals surface area contributed by atoms with Crippen LogP contribution in [0.1, 0.15) is 41.0 Å². The monoisotopic (exact) mass is 479 g/mol. The lowest BCUT2D eigenvalue weighted by molar-refractivity contribution is 0.0984. The van der Waals surface area contributed by atoms with E-state index < -0.39 is 15.1 Å². The third-order valence-electron chi connectivity index (χ3n) is 5.38. The SMILES string of the molecule is Cc1cc(C)c2sc(N(Cc3ccccn3)C(=O)c3ccc(S(=O)(=O)C(C)C)cc3)nc2c1. The van der Waals surface area contributed by atoms with Crippen LogP contribution in [0.4, 0.5) is 5.13 Å². The summed E-state index contributed by atoms with van der Waals surface area (Å²) >= 11 is 1.46. The number of nitrogens with zero attached hydrogens (tertiary/aromatic N) is 3. The number of rotatable bonds is 6. The topological polar surface area (TPSA) is 80.2 Å².